The standard InChI is InChI=1S/C15H17NO2S/c1-17-14-7-6-11(8-15(14)18-2)10-19-13-5-3-4-12(16)9-13/h3-9H,10,16H2,1-2H3. The summed E-state index contributed by atoms with van der Waals surface area (Å²) < 4.78 is 10.5. The summed E-state index contributed by atoms with van der Waals surface area (Å²) >= 11 is 1.74. The second kappa shape index (κ2) is 6.38. The predicted molar refractivity (Wildman–Crippen MR) is 80.0 cm³/mol. The van der Waals surface area contributed by atoms with Gasteiger partial charge in [0, 0.05) is 16.3 Å². The van der Waals surface area contributed by atoms with Crippen molar-refractivity contribution in [3.05, 3.63) is 48.0 Å². The van der Waals surface area contributed by atoms with E-state index in [1.807, 2.05) is 36.4 Å². The number of nitrogens with two attached hydrogens (primary N) is 1. The Morgan fingerprint density at radius 1 is 1.00 bits per heavy atom. The Hall–Kier alpha value is -1.81. The first-order chi connectivity index (χ1) is 9.22. The maximum atomic E-state index is 5.76. The Morgan fingerprint density at radius 3 is 2.47 bits per heavy atom. The van der Waals surface area contributed by atoms with Crippen molar-refractivity contribution in [2.75, 3.05) is 20.0 Å². The fraction of sp³-hybridized carbons (Fsp3) is 0.200. The van der Waals surface area contributed by atoms with E-state index >= 15 is 0 Å². The molecule has 0 atom stereocenters. The van der Waals surface area contributed by atoms with Gasteiger partial charge in [-0.25, -0.2) is 0 Å². The average Bonchev–Trinajstić information content (AvgIpc) is 2.45. The lowest BCUT2D eigenvalue weighted by atomic mass is 10.2. The van der Waals surface area contributed by atoms with E-state index in [1.54, 1.807) is 26.0 Å². The van der Waals surface area contributed by atoms with E-state index in [0.717, 1.165) is 27.8 Å². The molecule has 0 unspecified atom stereocenters. The van der Waals surface area contributed by atoms with Crippen LogP contribution in [-0.2, 0) is 5.75 Å². The molecule has 0 fully saturated rings. The summed E-state index contributed by atoms with van der Waals surface area (Å²) in [6, 6.07) is 13.9. The minimum absolute atomic E-state index is 0.750. The van der Waals surface area contributed by atoms with E-state index in [-0.39, 0.29) is 0 Å². The topological polar surface area (TPSA) is 44.5 Å². The summed E-state index contributed by atoms with van der Waals surface area (Å²) in [5.74, 6) is 2.37. The molecular weight excluding hydrogens is 258 g/mol. The molecule has 100 valence electrons. The molecule has 2 aromatic rings. The van der Waals surface area contributed by atoms with E-state index < -0.39 is 0 Å². The van der Waals surface area contributed by atoms with E-state index in [4.69, 9.17) is 15.2 Å². The number of nitrogen functional groups attached to an aromatic ring is 1. The Labute approximate surface area is 117 Å². The molecule has 0 saturated carbocycles. The van der Waals surface area contributed by atoms with Crippen LogP contribution in [0.25, 0.3) is 0 Å². The second-order valence-electron chi connectivity index (χ2n) is 4.05. The maximum Gasteiger partial charge on any atom is 0.161 e. The molecule has 2 aromatic carbocycles. The SMILES string of the molecule is COc1ccc(CSc2cccc(N)c2)cc1OC. The number of thioether (sulfide) groups is 1. The number of hydrogen-bond donors (Lipinski definition) is 1. The highest BCUT2D eigenvalue weighted by atomic mass is 32.2. The van der Waals surface area contributed by atoms with Gasteiger partial charge in [0.15, 0.2) is 11.5 Å². The Balaban J connectivity index is 2.07. The first kappa shape index (κ1) is 13.6. The zero-order valence-corrected chi connectivity index (χ0v) is 11.9. The van der Waals surface area contributed by atoms with Gasteiger partial charge in [-0.05, 0) is 35.9 Å². The monoisotopic (exact) mass is 275 g/mol. The smallest absolute Gasteiger partial charge is 0.161 e. The van der Waals surface area contributed by atoms with Gasteiger partial charge in [-0.1, -0.05) is 12.1 Å². The van der Waals surface area contributed by atoms with Crippen LogP contribution in [0.3, 0.4) is 0 Å². The number of benzene rings is 2. The molecule has 0 aliphatic carbocycles. The largest absolute Gasteiger partial charge is 0.493 e. The van der Waals surface area contributed by atoms with Gasteiger partial charge in [0.1, 0.15) is 0 Å². The molecule has 3 nitrogen and oxygen atoms in total. The predicted octanol–water partition coefficient (Wildman–Crippen LogP) is 3.58. The van der Waals surface area contributed by atoms with Crippen LogP contribution in [0.4, 0.5) is 5.69 Å². The average molecular weight is 275 g/mol. The molecule has 0 aliphatic rings. The lowest BCUT2D eigenvalue weighted by Crippen LogP contribution is -1.92. The minimum Gasteiger partial charge on any atom is -0.493 e. The molecule has 0 heterocycles. The first-order valence-electron chi connectivity index (χ1n) is 5.92. The van der Waals surface area contributed by atoms with Crippen LogP contribution in [0, 0.1) is 0 Å². The summed E-state index contributed by atoms with van der Waals surface area (Å²) in [5.41, 5.74) is 7.74. The fourth-order valence-corrected chi connectivity index (χ4v) is 2.65. The van der Waals surface area contributed by atoms with Gasteiger partial charge in [0.25, 0.3) is 0 Å². The molecule has 0 bridgehead atoms. The lowest BCUT2D eigenvalue weighted by molar-refractivity contribution is 0.354. The molecule has 0 spiro atoms. The van der Waals surface area contributed by atoms with E-state index in [0.29, 0.717) is 0 Å². The second-order valence-corrected chi connectivity index (χ2v) is 5.10. The first-order valence-corrected chi connectivity index (χ1v) is 6.90. The molecule has 19 heavy (non-hydrogen) atoms. The van der Waals surface area contributed by atoms with Crippen LogP contribution in [0.2, 0.25) is 0 Å². The minimum atomic E-state index is 0.750. The zero-order valence-electron chi connectivity index (χ0n) is 11.1. The van der Waals surface area contributed by atoms with E-state index in [1.165, 1.54) is 5.56 Å². The highest BCUT2D eigenvalue weighted by Gasteiger charge is 2.05. The molecule has 0 saturated heterocycles. The molecule has 0 amide bonds. The zero-order chi connectivity index (χ0) is 13.7. The van der Waals surface area contributed by atoms with Gasteiger partial charge in [-0.15, -0.1) is 11.8 Å². The number of methoxy groups -OCH3 is 2. The Bertz CT molecular complexity index is 558. The van der Waals surface area contributed by atoms with Crippen LogP contribution in [0.15, 0.2) is 47.4 Å². The Morgan fingerprint density at radius 2 is 1.79 bits per heavy atom. The van der Waals surface area contributed by atoms with Crippen LogP contribution >= 0.6 is 11.8 Å². The number of anilines is 1. The molecule has 0 aromatic heterocycles. The van der Waals surface area contributed by atoms with Crippen molar-refractivity contribution in [1.82, 2.24) is 0 Å². The molecule has 2 N–H and O–H groups in total. The van der Waals surface area contributed by atoms with Crippen molar-refractivity contribution >= 4 is 17.4 Å². The highest BCUT2D eigenvalue weighted by molar-refractivity contribution is 7.98. The normalized spacial score (nSPS) is 10.2. The van der Waals surface area contributed by atoms with Gasteiger partial charge in [0.05, 0.1) is 14.2 Å². The van der Waals surface area contributed by atoms with Crippen molar-refractivity contribution in [3.63, 3.8) is 0 Å². The molecule has 0 aliphatic heterocycles. The third-order valence-corrected chi connectivity index (χ3v) is 3.78. The number of ether oxygens (including phenoxy) is 2. The van der Waals surface area contributed by atoms with Crippen LogP contribution in [0.5, 0.6) is 11.5 Å². The van der Waals surface area contributed by atoms with Gasteiger partial charge in [0.2, 0.25) is 0 Å². The van der Waals surface area contributed by atoms with Gasteiger partial charge in [-0.2, -0.15) is 0 Å². The van der Waals surface area contributed by atoms with Crippen LogP contribution < -0.4 is 15.2 Å². The van der Waals surface area contributed by atoms with Gasteiger partial charge in [-0.3, -0.25) is 0 Å². The molecule has 4 heteroatoms. The lowest BCUT2D eigenvalue weighted by Gasteiger charge is -2.09. The van der Waals surface area contributed by atoms with Gasteiger partial charge >= 0.3 is 0 Å². The third kappa shape index (κ3) is 3.58. The highest BCUT2D eigenvalue weighted by Crippen LogP contribution is 2.31. The van der Waals surface area contributed by atoms with Crippen LogP contribution in [0.1, 0.15) is 5.56 Å². The number of hydrogen-bond acceptors (Lipinski definition) is 4. The summed E-state index contributed by atoms with van der Waals surface area (Å²) in [6.45, 7) is 0. The van der Waals surface area contributed by atoms with Crippen molar-refractivity contribution in [3.8, 4) is 11.5 Å². The van der Waals surface area contributed by atoms with Crippen LogP contribution in [-0.4, -0.2) is 14.2 Å². The van der Waals surface area contributed by atoms with Crippen molar-refractivity contribution < 1.29 is 9.47 Å². The van der Waals surface area contributed by atoms with E-state index in [2.05, 4.69) is 6.07 Å². The maximum absolute atomic E-state index is 5.76. The van der Waals surface area contributed by atoms with Crippen molar-refractivity contribution in [1.29, 1.82) is 0 Å². The number of rotatable bonds is 5. The summed E-state index contributed by atoms with van der Waals surface area (Å²) in [4.78, 5) is 1.16. The summed E-state index contributed by atoms with van der Waals surface area (Å²) in [5, 5.41) is 0. The fourth-order valence-electron chi connectivity index (χ4n) is 1.74. The molecule has 0 radical (unpaired) electrons. The summed E-state index contributed by atoms with van der Waals surface area (Å²) in [7, 11) is 3.28. The molecule has 2 rings (SSSR count). The Kier molecular flexibility index (Phi) is 4.58. The van der Waals surface area contributed by atoms with Crippen molar-refractivity contribution in [2.45, 2.75) is 10.6 Å². The van der Waals surface area contributed by atoms with E-state index in [9.17, 15) is 0 Å². The molecular formula is C15H17NO2S. The third-order valence-electron chi connectivity index (χ3n) is 2.71. The van der Waals surface area contributed by atoms with Crippen molar-refractivity contribution in [2.24, 2.45) is 0 Å². The quantitative estimate of drug-likeness (QED) is 0.669. The summed E-state index contributed by atoms with van der Waals surface area (Å²) in [6.07, 6.45) is 0. The van der Waals surface area contributed by atoms with Gasteiger partial charge < -0.3 is 15.2 Å².